The average molecular weight is 280 g/mol. The van der Waals surface area contributed by atoms with Gasteiger partial charge in [0.1, 0.15) is 5.82 Å². The van der Waals surface area contributed by atoms with Crippen LogP contribution >= 0.6 is 0 Å². The largest absolute Gasteiger partial charge is 0.481 e. The summed E-state index contributed by atoms with van der Waals surface area (Å²) >= 11 is 0. The Morgan fingerprint density at radius 3 is 2.70 bits per heavy atom. The molecule has 0 aliphatic carbocycles. The van der Waals surface area contributed by atoms with Crippen molar-refractivity contribution in [2.75, 3.05) is 13.2 Å². The Morgan fingerprint density at radius 1 is 1.30 bits per heavy atom. The van der Waals surface area contributed by atoms with Crippen molar-refractivity contribution >= 4 is 11.9 Å². The molecule has 1 aromatic rings. The summed E-state index contributed by atoms with van der Waals surface area (Å²) in [6, 6.07) is 0. The molecule has 2 N–H and O–H groups in total. The summed E-state index contributed by atoms with van der Waals surface area (Å²) in [5.41, 5.74) is 0.715. The van der Waals surface area contributed by atoms with Gasteiger partial charge in [-0.15, -0.1) is 0 Å². The molecule has 2 unspecified atom stereocenters. The zero-order chi connectivity index (χ0) is 14.3. The van der Waals surface area contributed by atoms with Crippen LogP contribution in [-0.2, 0) is 22.5 Å². The highest BCUT2D eigenvalue weighted by Crippen LogP contribution is 2.31. The number of carboxylic acid groups (broad SMARTS) is 2. The van der Waals surface area contributed by atoms with E-state index in [-0.39, 0.29) is 11.6 Å². The van der Waals surface area contributed by atoms with E-state index in [0.29, 0.717) is 44.1 Å². The lowest BCUT2D eigenvalue weighted by Gasteiger charge is -2.23. The maximum atomic E-state index is 11.3. The Bertz CT molecular complexity index is 559. The Labute approximate surface area is 115 Å². The van der Waals surface area contributed by atoms with Crippen LogP contribution in [0, 0.1) is 5.92 Å². The fourth-order valence-electron chi connectivity index (χ4n) is 3.01. The summed E-state index contributed by atoms with van der Waals surface area (Å²) in [6.07, 6.45) is 1.70. The third-order valence-corrected chi connectivity index (χ3v) is 4.08. The first-order valence-electron chi connectivity index (χ1n) is 6.71. The average Bonchev–Trinajstić information content (AvgIpc) is 3.04. The van der Waals surface area contributed by atoms with Crippen molar-refractivity contribution in [1.82, 2.24) is 9.55 Å². The third kappa shape index (κ3) is 2.07. The van der Waals surface area contributed by atoms with Crippen LogP contribution in [-0.4, -0.2) is 44.9 Å². The molecule has 2 aliphatic rings. The smallest absolute Gasteiger partial charge is 0.356 e. The number of aromatic carboxylic acids is 1. The number of rotatable bonds is 3. The number of fused-ring (bicyclic) bond motifs is 1. The summed E-state index contributed by atoms with van der Waals surface area (Å²) in [6.45, 7) is 1.46. The monoisotopic (exact) mass is 280 g/mol. The molecule has 0 amide bonds. The van der Waals surface area contributed by atoms with Gasteiger partial charge in [0, 0.05) is 19.1 Å². The minimum atomic E-state index is -1.05. The number of carboxylic acids is 2. The standard InChI is InChI=1S/C13H16N2O5/c16-12(17)7-1-2-9-10(13(18)19)14-11(15(9)5-7)8-3-4-20-6-8/h7-8H,1-6H2,(H,16,17)(H,18,19). The normalized spacial score (nSPS) is 25.4. The lowest BCUT2D eigenvalue weighted by molar-refractivity contribution is -0.142. The molecule has 0 aromatic carbocycles. The van der Waals surface area contributed by atoms with Crippen molar-refractivity contribution in [3.63, 3.8) is 0 Å². The van der Waals surface area contributed by atoms with Gasteiger partial charge in [0.25, 0.3) is 0 Å². The number of carbonyl (C=O) groups is 2. The van der Waals surface area contributed by atoms with Crippen LogP contribution in [0.4, 0.5) is 0 Å². The predicted molar refractivity (Wildman–Crippen MR) is 66.8 cm³/mol. The highest BCUT2D eigenvalue weighted by molar-refractivity contribution is 5.87. The van der Waals surface area contributed by atoms with E-state index in [2.05, 4.69) is 4.98 Å². The summed E-state index contributed by atoms with van der Waals surface area (Å²) in [4.78, 5) is 26.7. The lowest BCUT2D eigenvalue weighted by atomic mass is 9.96. The van der Waals surface area contributed by atoms with Crippen molar-refractivity contribution in [3.8, 4) is 0 Å². The SMILES string of the molecule is O=C(O)c1nc(C2CCOC2)n2c1CCC(C(=O)O)C2. The van der Waals surface area contributed by atoms with Crippen molar-refractivity contribution in [2.45, 2.75) is 31.7 Å². The second kappa shape index (κ2) is 4.90. The van der Waals surface area contributed by atoms with Crippen molar-refractivity contribution in [3.05, 3.63) is 17.2 Å². The molecular weight excluding hydrogens is 264 g/mol. The van der Waals surface area contributed by atoms with Crippen molar-refractivity contribution in [1.29, 1.82) is 0 Å². The molecule has 7 heteroatoms. The Hall–Kier alpha value is -1.89. The van der Waals surface area contributed by atoms with Gasteiger partial charge in [-0.1, -0.05) is 0 Å². The molecule has 1 fully saturated rings. The molecule has 2 aliphatic heterocycles. The highest BCUT2D eigenvalue weighted by atomic mass is 16.5. The lowest BCUT2D eigenvalue weighted by Crippen LogP contribution is -2.28. The first-order chi connectivity index (χ1) is 9.58. The third-order valence-electron chi connectivity index (χ3n) is 4.08. The fraction of sp³-hybridized carbons (Fsp3) is 0.615. The number of aromatic nitrogens is 2. The maximum absolute atomic E-state index is 11.3. The van der Waals surface area contributed by atoms with E-state index in [9.17, 15) is 14.7 Å². The van der Waals surface area contributed by atoms with E-state index in [1.807, 2.05) is 0 Å². The zero-order valence-electron chi connectivity index (χ0n) is 10.9. The summed E-state index contributed by atoms with van der Waals surface area (Å²) in [7, 11) is 0. The van der Waals surface area contributed by atoms with Gasteiger partial charge in [-0.2, -0.15) is 0 Å². The molecule has 3 rings (SSSR count). The Morgan fingerprint density at radius 2 is 2.10 bits per heavy atom. The number of hydrogen-bond acceptors (Lipinski definition) is 4. The van der Waals surface area contributed by atoms with Crippen LogP contribution in [0.2, 0.25) is 0 Å². The van der Waals surface area contributed by atoms with E-state index >= 15 is 0 Å². The molecule has 108 valence electrons. The quantitative estimate of drug-likeness (QED) is 0.846. The summed E-state index contributed by atoms with van der Waals surface area (Å²) < 4.78 is 7.13. The molecule has 2 atom stereocenters. The first-order valence-corrected chi connectivity index (χ1v) is 6.71. The number of nitrogens with zero attached hydrogens (tertiary/aromatic N) is 2. The highest BCUT2D eigenvalue weighted by Gasteiger charge is 2.34. The number of ether oxygens (including phenoxy) is 1. The molecule has 7 nitrogen and oxygen atoms in total. The van der Waals surface area contributed by atoms with Crippen LogP contribution in [0.1, 0.15) is 40.8 Å². The number of hydrogen-bond donors (Lipinski definition) is 2. The second-order valence-corrected chi connectivity index (χ2v) is 5.32. The van der Waals surface area contributed by atoms with Gasteiger partial charge in [-0.25, -0.2) is 9.78 Å². The topological polar surface area (TPSA) is 102 Å². The van der Waals surface area contributed by atoms with Gasteiger partial charge in [-0.05, 0) is 19.3 Å². The second-order valence-electron chi connectivity index (χ2n) is 5.32. The van der Waals surface area contributed by atoms with E-state index in [1.54, 1.807) is 4.57 Å². The molecule has 1 aromatic heterocycles. The van der Waals surface area contributed by atoms with E-state index in [4.69, 9.17) is 9.84 Å². The molecule has 1 saturated heterocycles. The molecular formula is C13H16N2O5. The van der Waals surface area contributed by atoms with Crippen LogP contribution in [0.15, 0.2) is 0 Å². The van der Waals surface area contributed by atoms with E-state index in [0.717, 1.165) is 6.42 Å². The summed E-state index contributed by atoms with van der Waals surface area (Å²) in [5.74, 6) is -1.63. The van der Waals surface area contributed by atoms with Gasteiger partial charge >= 0.3 is 11.9 Å². The van der Waals surface area contributed by atoms with E-state index in [1.165, 1.54) is 0 Å². The molecule has 0 bridgehead atoms. The zero-order valence-corrected chi connectivity index (χ0v) is 10.9. The van der Waals surface area contributed by atoms with Gasteiger partial charge in [0.2, 0.25) is 0 Å². The number of aliphatic carboxylic acids is 1. The van der Waals surface area contributed by atoms with Crippen LogP contribution < -0.4 is 0 Å². The Kier molecular flexibility index (Phi) is 3.21. The van der Waals surface area contributed by atoms with Crippen LogP contribution in [0.25, 0.3) is 0 Å². The van der Waals surface area contributed by atoms with Crippen LogP contribution in [0.3, 0.4) is 0 Å². The molecule has 3 heterocycles. The predicted octanol–water partition coefficient (Wildman–Crippen LogP) is 0.732. The Balaban J connectivity index is 2.02. The van der Waals surface area contributed by atoms with Gasteiger partial charge in [0.05, 0.1) is 18.2 Å². The maximum Gasteiger partial charge on any atom is 0.356 e. The fourth-order valence-corrected chi connectivity index (χ4v) is 3.01. The molecule has 20 heavy (non-hydrogen) atoms. The first kappa shape index (κ1) is 13.1. The molecule has 0 radical (unpaired) electrons. The molecule has 0 spiro atoms. The van der Waals surface area contributed by atoms with Crippen molar-refractivity contribution in [2.24, 2.45) is 5.92 Å². The summed E-state index contributed by atoms with van der Waals surface area (Å²) in [5, 5.41) is 18.4. The molecule has 0 saturated carbocycles. The van der Waals surface area contributed by atoms with E-state index < -0.39 is 17.9 Å². The minimum absolute atomic E-state index is 0.0643. The van der Waals surface area contributed by atoms with Gasteiger partial charge < -0.3 is 19.5 Å². The number of imidazole rings is 1. The minimum Gasteiger partial charge on any atom is -0.481 e. The van der Waals surface area contributed by atoms with Gasteiger partial charge in [0.15, 0.2) is 5.69 Å². The van der Waals surface area contributed by atoms with Crippen LogP contribution in [0.5, 0.6) is 0 Å². The van der Waals surface area contributed by atoms with Gasteiger partial charge in [-0.3, -0.25) is 4.79 Å². The van der Waals surface area contributed by atoms with Crippen molar-refractivity contribution < 1.29 is 24.5 Å².